The van der Waals surface area contributed by atoms with Gasteiger partial charge in [0.1, 0.15) is 5.69 Å². The molecule has 1 heterocycles. The van der Waals surface area contributed by atoms with Gasteiger partial charge in [-0.05, 0) is 25.3 Å². The summed E-state index contributed by atoms with van der Waals surface area (Å²) in [5.74, 6) is 0.139. The second kappa shape index (κ2) is 5.12. The van der Waals surface area contributed by atoms with Crippen LogP contribution < -0.4 is 5.32 Å². The lowest BCUT2D eigenvalue weighted by molar-refractivity contribution is 0.0367. The molecule has 0 fully saturated rings. The molecule has 1 aromatic heterocycles. The summed E-state index contributed by atoms with van der Waals surface area (Å²) in [7, 11) is 0. The number of aliphatic hydroxyl groups is 1. The van der Waals surface area contributed by atoms with Crippen molar-refractivity contribution in [2.24, 2.45) is 5.92 Å². The van der Waals surface area contributed by atoms with Crippen molar-refractivity contribution in [3.63, 3.8) is 0 Å². The van der Waals surface area contributed by atoms with Crippen LogP contribution in [0.2, 0.25) is 0 Å². The van der Waals surface area contributed by atoms with Crippen molar-refractivity contribution in [3.8, 4) is 0 Å². The number of H-pyrrole nitrogens is 1. The zero-order valence-electron chi connectivity index (χ0n) is 9.95. The van der Waals surface area contributed by atoms with E-state index in [1.54, 1.807) is 13.0 Å². The molecule has 0 aliphatic rings. The lowest BCUT2D eigenvalue weighted by Gasteiger charge is -2.25. The predicted molar refractivity (Wildman–Crippen MR) is 61.0 cm³/mol. The summed E-state index contributed by atoms with van der Waals surface area (Å²) in [6, 6.07) is 1.59. The second-order valence-electron chi connectivity index (χ2n) is 4.75. The molecular formula is C11H19N3O2. The highest BCUT2D eigenvalue weighted by atomic mass is 16.3. The number of hydrogen-bond acceptors (Lipinski definition) is 3. The number of hydrogen-bond donors (Lipinski definition) is 3. The molecule has 0 bridgehead atoms. The van der Waals surface area contributed by atoms with Crippen molar-refractivity contribution >= 4 is 5.91 Å². The third-order valence-electron chi connectivity index (χ3n) is 2.22. The highest BCUT2D eigenvalue weighted by Gasteiger charge is 2.22. The fourth-order valence-corrected chi connectivity index (χ4v) is 1.70. The smallest absolute Gasteiger partial charge is 0.269 e. The number of carbonyl (C=O) groups is 1. The van der Waals surface area contributed by atoms with Gasteiger partial charge in [0.2, 0.25) is 0 Å². The van der Waals surface area contributed by atoms with E-state index >= 15 is 0 Å². The molecular weight excluding hydrogens is 206 g/mol. The Bertz CT molecular complexity index is 331. The molecule has 0 radical (unpaired) electrons. The van der Waals surface area contributed by atoms with Gasteiger partial charge in [0.05, 0.1) is 5.60 Å². The Labute approximate surface area is 95.3 Å². The van der Waals surface area contributed by atoms with Crippen LogP contribution in [0.3, 0.4) is 0 Å². The molecule has 0 aliphatic carbocycles. The standard InChI is InChI=1S/C11H19N3O2/c1-8(2)6-11(3,16)7-12-10(15)9-4-5-13-14-9/h4-5,8,16H,6-7H2,1-3H3,(H,12,15)(H,13,14). The van der Waals surface area contributed by atoms with E-state index in [2.05, 4.69) is 15.5 Å². The van der Waals surface area contributed by atoms with Crippen LogP contribution in [0.15, 0.2) is 12.3 Å². The van der Waals surface area contributed by atoms with Crippen LogP contribution in [0, 0.1) is 5.92 Å². The molecule has 16 heavy (non-hydrogen) atoms. The van der Waals surface area contributed by atoms with Gasteiger partial charge >= 0.3 is 0 Å². The maximum absolute atomic E-state index is 11.5. The Kier molecular flexibility index (Phi) is 4.06. The van der Waals surface area contributed by atoms with Crippen LogP contribution in [0.25, 0.3) is 0 Å². The molecule has 1 aromatic rings. The van der Waals surface area contributed by atoms with Crippen molar-refractivity contribution in [3.05, 3.63) is 18.0 Å². The fourth-order valence-electron chi connectivity index (χ4n) is 1.70. The first-order valence-corrected chi connectivity index (χ1v) is 5.41. The van der Waals surface area contributed by atoms with Gasteiger partial charge in [-0.1, -0.05) is 13.8 Å². The van der Waals surface area contributed by atoms with Crippen LogP contribution in [0.5, 0.6) is 0 Å². The molecule has 0 saturated heterocycles. The van der Waals surface area contributed by atoms with Crippen LogP contribution in [-0.4, -0.2) is 33.4 Å². The van der Waals surface area contributed by atoms with Crippen molar-refractivity contribution in [2.45, 2.75) is 32.8 Å². The largest absolute Gasteiger partial charge is 0.388 e. The molecule has 0 aromatic carbocycles. The first-order chi connectivity index (χ1) is 7.41. The van der Waals surface area contributed by atoms with Crippen molar-refractivity contribution in [1.29, 1.82) is 0 Å². The van der Waals surface area contributed by atoms with Gasteiger partial charge in [0.25, 0.3) is 5.91 Å². The molecule has 1 unspecified atom stereocenters. The minimum absolute atomic E-state index is 0.239. The molecule has 0 spiro atoms. The molecule has 1 rings (SSSR count). The molecule has 3 N–H and O–H groups in total. The zero-order valence-corrected chi connectivity index (χ0v) is 9.95. The first-order valence-electron chi connectivity index (χ1n) is 5.41. The number of aromatic amines is 1. The summed E-state index contributed by atoms with van der Waals surface area (Å²) in [5, 5.41) is 18.9. The maximum atomic E-state index is 11.5. The minimum Gasteiger partial charge on any atom is -0.388 e. The van der Waals surface area contributed by atoms with E-state index in [1.807, 2.05) is 13.8 Å². The Morgan fingerprint density at radius 3 is 2.88 bits per heavy atom. The molecule has 1 amide bonds. The van der Waals surface area contributed by atoms with E-state index < -0.39 is 5.60 Å². The molecule has 5 nitrogen and oxygen atoms in total. The lowest BCUT2D eigenvalue weighted by Crippen LogP contribution is -2.41. The number of nitrogens with one attached hydrogen (secondary N) is 2. The second-order valence-corrected chi connectivity index (χ2v) is 4.75. The molecule has 5 heteroatoms. The van der Waals surface area contributed by atoms with E-state index in [0.717, 1.165) is 0 Å². The summed E-state index contributed by atoms with van der Waals surface area (Å²) in [4.78, 5) is 11.5. The van der Waals surface area contributed by atoms with Gasteiger partial charge in [-0.2, -0.15) is 5.10 Å². The van der Waals surface area contributed by atoms with Crippen LogP contribution in [-0.2, 0) is 0 Å². The Morgan fingerprint density at radius 2 is 2.38 bits per heavy atom. The third kappa shape index (κ3) is 4.02. The van der Waals surface area contributed by atoms with Gasteiger partial charge in [-0.25, -0.2) is 0 Å². The first kappa shape index (κ1) is 12.7. The van der Waals surface area contributed by atoms with Crippen LogP contribution in [0.1, 0.15) is 37.7 Å². The summed E-state index contributed by atoms with van der Waals surface area (Å²) in [5.41, 5.74) is -0.468. The highest BCUT2D eigenvalue weighted by molar-refractivity contribution is 5.92. The Morgan fingerprint density at radius 1 is 1.69 bits per heavy atom. The zero-order chi connectivity index (χ0) is 12.2. The number of aromatic nitrogens is 2. The number of rotatable bonds is 5. The van der Waals surface area contributed by atoms with Crippen molar-refractivity contribution in [2.75, 3.05) is 6.54 Å². The number of nitrogens with zero attached hydrogens (tertiary/aromatic N) is 1. The number of carbonyl (C=O) groups excluding carboxylic acids is 1. The summed E-state index contributed by atoms with van der Waals surface area (Å²) >= 11 is 0. The molecule has 0 saturated carbocycles. The Balaban J connectivity index is 2.42. The highest BCUT2D eigenvalue weighted by Crippen LogP contribution is 2.15. The average molecular weight is 225 g/mol. The van der Waals surface area contributed by atoms with E-state index in [4.69, 9.17) is 0 Å². The minimum atomic E-state index is -0.871. The van der Waals surface area contributed by atoms with Gasteiger partial charge in [0, 0.05) is 12.7 Å². The fraction of sp³-hybridized carbons (Fsp3) is 0.636. The van der Waals surface area contributed by atoms with E-state index in [1.165, 1.54) is 6.20 Å². The van der Waals surface area contributed by atoms with E-state index in [-0.39, 0.29) is 12.5 Å². The predicted octanol–water partition coefficient (Wildman–Crippen LogP) is 0.937. The number of amides is 1. The van der Waals surface area contributed by atoms with E-state index in [0.29, 0.717) is 18.0 Å². The quantitative estimate of drug-likeness (QED) is 0.697. The average Bonchev–Trinajstić information content (AvgIpc) is 2.64. The van der Waals surface area contributed by atoms with E-state index in [9.17, 15) is 9.90 Å². The van der Waals surface area contributed by atoms with Crippen LogP contribution in [0.4, 0.5) is 0 Å². The normalized spacial score (nSPS) is 14.8. The van der Waals surface area contributed by atoms with Gasteiger partial charge in [0.15, 0.2) is 0 Å². The van der Waals surface area contributed by atoms with Crippen molar-refractivity contribution < 1.29 is 9.90 Å². The summed E-state index contributed by atoms with van der Waals surface area (Å²) < 4.78 is 0. The summed E-state index contributed by atoms with van der Waals surface area (Å²) in [6.45, 7) is 6.03. The summed E-state index contributed by atoms with van der Waals surface area (Å²) in [6.07, 6.45) is 2.16. The lowest BCUT2D eigenvalue weighted by atomic mass is 9.94. The van der Waals surface area contributed by atoms with Gasteiger partial charge in [-0.15, -0.1) is 0 Å². The monoisotopic (exact) mass is 225 g/mol. The molecule has 90 valence electrons. The van der Waals surface area contributed by atoms with Crippen molar-refractivity contribution in [1.82, 2.24) is 15.5 Å². The molecule has 1 atom stereocenters. The van der Waals surface area contributed by atoms with Gasteiger partial charge < -0.3 is 10.4 Å². The maximum Gasteiger partial charge on any atom is 0.269 e. The Hall–Kier alpha value is -1.36. The SMILES string of the molecule is CC(C)CC(C)(O)CNC(=O)c1ccn[nH]1. The third-order valence-corrected chi connectivity index (χ3v) is 2.22. The topological polar surface area (TPSA) is 78.0 Å². The van der Waals surface area contributed by atoms with Crippen LogP contribution >= 0.6 is 0 Å². The van der Waals surface area contributed by atoms with Gasteiger partial charge in [-0.3, -0.25) is 9.89 Å². The molecule has 0 aliphatic heterocycles.